The highest BCUT2D eigenvalue weighted by Crippen LogP contribution is 2.18. The van der Waals surface area contributed by atoms with Crippen LogP contribution in [0.3, 0.4) is 0 Å². The summed E-state index contributed by atoms with van der Waals surface area (Å²) >= 11 is 0. The molecule has 27 heavy (non-hydrogen) atoms. The molecule has 142 valence electrons. The summed E-state index contributed by atoms with van der Waals surface area (Å²) in [4.78, 5) is 19.4. The number of nitrogens with one attached hydrogen (secondary N) is 1. The molecule has 3 aromatic heterocycles. The molecule has 1 aliphatic rings. The van der Waals surface area contributed by atoms with Gasteiger partial charge < -0.3 is 19.4 Å². The molecule has 0 bridgehead atoms. The maximum atomic E-state index is 12.9. The van der Waals surface area contributed by atoms with Crippen LogP contribution in [0.2, 0.25) is 0 Å². The zero-order chi connectivity index (χ0) is 18.6. The molecular weight excluding hydrogens is 348 g/mol. The number of carbonyl (C=O) groups is 1. The van der Waals surface area contributed by atoms with Crippen molar-refractivity contribution < 1.29 is 14.2 Å². The van der Waals surface area contributed by atoms with E-state index in [-0.39, 0.29) is 5.91 Å². The number of imidazole rings is 1. The van der Waals surface area contributed by atoms with Crippen LogP contribution in [-0.2, 0) is 6.54 Å². The van der Waals surface area contributed by atoms with Crippen molar-refractivity contribution in [1.29, 1.82) is 0 Å². The van der Waals surface area contributed by atoms with Crippen molar-refractivity contribution in [3.8, 4) is 5.88 Å². The Balaban J connectivity index is 1.44. The van der Waals surface area contributed by atoms with Gasteiger partial charge in [0.25, 0.3) is 11.8 Å². The standard InChI is InChI=1S/C18H22N6O3/c1-13-17(22-27-21-13)26-11-7-19-12-14-16(18(25)23-8-4-5-9-23)20-15-6-2-3-10-24(14)15/h2-3,6,10,19H,4-5,7-9,11-12H2,1H3. The lowest BCUT2D eigenvalue weighted by atomic mass is 10.2. The lowest BCUT2D eigenvalue weighted by molar-refractivity contribution is 0.0786. The van der Waals surface area contributed by atoms with E-state index in [4.69, 9.17) is 4.74 Å². The molecule has 1 amide bonds. The second-order valence-electron chi connectivity index (χ2n) is 6.52. The van der Waals surface area contributed by atoms with Crippen molar-refractivity contribution >= 4 is 11.6 Å². The molecule has 0 saturated carbocycles. The fourth-order valence-electron chi connectivity index (χ4n) is 3.24. The van der Waals surface area contributed by atoms with E-state index in [1.165, 1.54) is 0 Å². The van der Waals surface area contributed by atoms with Gasteiger partial charge in [-0.1, -0.05) is 11.2 Å². The maximum Gasteiger partial charge on any atom is 0.278 e. The third kappa shape index (κ3) is 3.63. The van der Waals surface area contributed by atoms with Crippen molar-refractivity contribution in [2.45, 2.75) is 26.3 Å². The third-order valence-corrected chi connectivity index (χ3v) is 4.65. The highest BCUT2D eigenvalue weighted by molar-refractivity contribution is 5.94. The summed E-state index contributed by atoms with van der Waals surface area (Å²) in [6.07, 6.45) is 4.04. The summed E-state index contributed by atoms with van der Waals surface area (Å²) < 4.78 is 12.1. The van der Waals surface area contributed by atoms with Crippen molar-refractivity contribution in [3.63, 3.8) is 0 Å². The Labute approximate surface area is 156 Å². The Hall–Kier alpha value is -2.94. The summed E-state index contributed by atoms with van der Waals surface area (Å²) in [5.41, 5.74) is 2.78. The first-order valence-corrected chi connectivity index (χ1v) is 9.12. The summed E-state index contributed by atoms with van der Waals surface area (Å²) in [6.45, 7) is 4.90. The number of fused-ring (bicyclic) bond motifs is 1. The number of nitrogens with zero attached hydrogens (tertiary/aromatic N) is 5. The zero-order valence-electron chi connectivity index (χ0n) is 15.2. The molecule has 0 spiro atoms. The van der Waals surface area contributed by atoms with Gasteiger partial charge in [0, 0.05) is 32.4 Å². The van der Waals surface area contributed by atoms with Crippen LogP contribution in [0, 0.1) is 6.92 Å². The van der Waals surface area contributed by atoms with E-state index in [1.807, 2.05) is 33.7 Å². The van der Waals surface area contributed by atoms with E-state index in [0.29, 0.717) is 37.0 Å². The molecule has 0 aromatic carbocycles. The van der Waals surface area contributed by atoms with Crippen molar-refractivity contribution in [1.82, 2.24) is 29.9 Å². The van der Waals surface area contributed by atoms with Gasteiger partial charge in [0.2, 0.25) is 0 Å². The van der Waals surface area contributed by atoms with E-state index >= 15 is 0 Å². The largest absolute Gasteiger partial charge is 0.473 e. The molecule has 1 aliphatic heterocycles. The van der Waals surface area contributed by atoms with Crippen LogP contribution in [0.1, 0.15) is 34.7 Å². The van der Waals surface area contributed by atoms with Crippen LogP contribution in [0.15, 0.2) is 29.0 Å². The highest BCUT2D eigenvalue weighted by Gasteiger charge is 2.25. The smallest absolute Gasteiger partial charge is 0.278 e. The summed E-state index contributed by atoms with van der Waals surface area (Å²) in [7, 11) is 0. The second kappa shape index (κ2) is 7.75. The van der Waals surface area contributed by atoms with Crippen LogP contribution in [0.25, 0.3) is 5.65 Å². The minimum Gasteiger partial charge on any atom is -0.473 e. The summed E-state index contributed by atoms with van der Waals surface area (Å²) in [6, 6.07) is 5.77. The lowest BCUT2D eigenvalue weighted by Crippen LogP contribution is -2.30. The average molecular weight is 370 g/mol. The van der Waals surface area contributed by atoms with Crippen molar-refractivity contribution in [3.05, 3.63) is 41.5 Å². The normalized spacial score (nSPS) is 14.2. The topological polar surface area (TPSA) is 97.8 Å². The van der Waals surface area contributed by atoms with Gasteiger partial charge in [-0.15, -0.1) is 0 Å². The number of pyridine rings is 1. The fourth-order valence-corrected chi connectivity index (χ4v) is 3.24. The van der Waals surface area contributed by atoms with Crippen molar-refractivity contribution in [2.24, 2.45) is 0 Å². The Morgan fingerprint density at radius 1 is 1.30 bits per heavy atom. The Bertz CT molecular complexity index is 928. The number of likely N-dealkylation sites (tertiary alicyclic amines) is 1. The number of hydrogen-bond acceptors (Lipinski definition) is 7. The minimum absolute atomic E-state index is 0.00791. The first-order valence-electron chi connectivity index (χ1n) is 9.12. The van der Waals surface area contributed by atoms with E-state index in [1.54, 1.807) is 6.92 Å². The maximum absolute atomic E-state index is 12.9. The number of carbonyl (C=O) groups excluding carboxylic acids is 1. The number of aryl methyl sites for hydroxylation is 1. The van der Waals surface area contributed by atoms with E-state index in [2.05, 4.69) is 25.2 Å². The number of aromatic nitrogens is 4. The molecule has 0 unspecified atom stereocenters. The number of amides is 1. The molecule has 1 N–H and O–H groups in total. The van der Waals surface area contributed by atoms with Gasteiger partial charge in [-0.05, 0) is 37.1 Å². The van der Waals surface area contributed by atoms with Crippen LogP contribution in [-0.4, -0.2) is 56.7 Å². The van der Waals surface area contributed by atoms with Gasteiger partial charge in [-0.3, -0.25) is 4.79 Å². The molecule has 0 radical (unpaired) electrons. The quantitative estimate of drug-likeness (QED) is 0.628. The van der Waals surface area contributed by atoms with Gasteiger partial charge in [0.15, 0.2) is 5.69 Å². The molecule has 9 nitrogen and oxygen atoms in total. The van der Waals surface area contributed by atoms with E-state index < -0.39 is 0 Å². The highest BCUT2D eigenvalue weighted by atomic mass is 16.6. The summed E-state index contributed by atoms with van der Waals surface area (Å²) in [5.74, 6) is 0.407. The molecule has 1 saturated heterocycles. The van der Waals surface area contributed by atoms with Crippen LogP contribution >= 0.6 is 0 Å². The minimum atomic E-state index is 0.00791. The SMILES string of the molecule is Cc1nonc1OCCNCc1c(C(=O)N2CCCC2)nc2ccccn12. The monoisotopic (exact) mass is 370 g/mol. The molecule has 9 heteroatoms. The van der Waals surface area contributed by atoms with Gasteiger partial charge in [-0.25, -0.2) is 9.61 Å². The van der Waals surface area contributed by atoms with E-state index in [9.17, 15) is 4.79 Å². The van der Waals surface area contributed by atoms with Gasteiger partial charge in [-0.2, -0.15) is 0 Å². The summed E-state index contributed by atoms with van der Waals surface area (Å²) in [5, 5.41) is 10.7. The van der Waals surface area contributed by atoms with Gasteiger partial charge in [0.1, 0.15) is 17.9 Å². The van der Waals surface area contributed by atoms with Gasteiger partial charge >= 0.3 is 0 Å². The number of ether oxygens (including phenoxy) is 1. The molecule has 0 atom stereocenters. The third-order valence-electron chi connectivity index (χ3n) is 4.65. The number of rotatable bonds is 7. The predicted octanol–water partition coefficient (Wildman–Crippen LogP) is 1.43. The van der Waals surface area contributed by atoms with Crippen LogP contribution < -0.4 is 10.1 Å². The fraction of sp³-hybridized carbons (Fsp3) is 0.444. The molecular formula is C18H22N6O3. The van der Waals surface area contributed by atoms with Gasteiger partial charge in [0.05, 0.1) is 5.69 Å². The molecule has 4 rings (SSSR count). The van der Waals surface area contributed by atoms with Crippen LogP contribution in [0.5, 0.6) is 5.88 Å². The average Bonchev–Trinajstić information content (AvgIpc) is 3.42. The molecule has 4 heterocycles. The second-order valence-corrected chi connectivity index (χ2v) is 6.52. The van der Waals surface area contributed by atoms with Crippen LogP contribution in [0.4, 0.5) is 0 Å². The Morgan fingerprint density at radius 3 is 2.93 bits per heavy atom. The zero-order valence-corrected chi connectivity index (χ0v) is 15.2. The van der Waals surface area contributed by atoms with Crippen molar-refractivity contribution in [2.75, 3.05) is 26.2 Å². The predicted molar refractivity (Wildman–Crippen MR) is 96.6 cm³/mol. The molecule has 3 aromatic rings. The molecule has 1 fully saturated rings. The number of hydrogen-bond donors (Lipinski definition) is 1. The van der Waals surface area contributed by atoms with E-state index in [0.717, 1.165) is 37.3 Å². The Kier molecular flexibility index (Phi) is 5.01. The first kappa shape index (κ1) is 17.5. The Morgan fingerprint density at radius 2 is 2.15 bits per heavy atom. The molecule has 0 aliphatic carbocycles. The first-order chi connectivity index (χ1) is 13.2. The lowest BCUT2D eigenvalue weighted by Gasteiger charge is -2.15.